The van der Waals surface area contributed by atoms with E-state index in [0.717, 1.165) is 12.0 Å². The molecule has 182 valence electrons. The first-order valence-electron chi connectivity index (χ1n) is 11.6. The first kappa shape index (κ1) is 27.0. The van der Waals surface area contributed by atoms with Gasteiger partial charge in [0.2, 0.25) is 0 Å². The van der Waals surface area contributed by atoms with E-state index in [-0.39, 0.29) is 18.5 Å². The van der Waals surface area contributed by atoms with E-state index in [4.69, 9.17) is 9.47 Å². The van der Waals surface area contributed by atoms with E-state index in [2.05, 4.69) is 28.5 Å². The SMILES string of the molecule is CC(C)[C@@H](NCC=CC(=O)OCC=Cc1ccc(Cc2cccnc2)cc1)C(=O)OC(C)(C)C. The molecule has 0 aliphatic rings. The van der Waals surface area contributed by atoms with Crippen LogP contribution in [0, 0.1) is 5.92 Å². The number of hydrogen-bond acceptors (Lipinski definition) is 6. The van der Waals surface area contributed by atoms with Gasteiger partial charge in [-0.15, -0.1) is 0 Å². The standard InChI is InChI=1S/C28H36N2O4/c1-21(2)26(27(32)34-28(3,4)5)30-17-7-11-25(31)33-18-8-10-22-12-14-23(15-13-22)19-24-9-6-16-29-20-24/h6-16,20-21,26,30H,17-19H2,1-5H3/t26-/m1/s1. The Balaban J connectivity index is 1.71. The lowest BCUT2D eigenvalue weighted by atomic mass is 10.0. The van der Waals surface area contributed by atoms with Gasteiger partial charge >= 0.3 is 11.9 Å². The van der Waals surface area contributed by atoms with Crippen LogP contribution >= 0.6 is 0 Å². The van der Waals surface area contributed by atoms with Crippen molar-refractivity contribution in [2.45, 2.75) is 52.7 Å². The normalized spacial score (nSPS) is 12.9. The van der Waals surface area contributed by atoms with Gasteiger partial charge in [-0.3, -0.25) is 9.78 Å². The summed E-state index contributed by atoms with van der Waals surface area (Å²) in [6.45, 7) is 9.95. The van der Waals surface area contributed by atoms with Gasteiger partial charge in [0.25, 0.3) is 0 Å². The number of nitrogens with zero attached hydrogens (tertiary/aromatic N) is 1. The van der Waals surface area contributed by atoms with Crippen molar-refractivity contribution in [3.63, 3.8) is 0 Å². The fraction of sp³-hybridized carbons (Fsp3) is 0.393. The van der Waals surface area contributed by atoms with Crippen LogP contribution in [0.4, 0.5) is 0 Å². The number of nitrogens with one attached hydrogen (secondary N) is 1. The van der Waals surface area contributed by atoms with Crippen LogP contribution in [0.15, 0.2) is 67.0 Å². The summed E-state index contributed by atoms with van der Waals surface area (Å²) in [5.41, 5.74) is 2.88. The van der Waals surface area contributed by atoms with Gasteiger partial charge in [-0.05, 0) is 61.9 Å². The van der Waals surface area contributed by atoms with E-state index in [0.29, 0.717) is 6.54 Å². The van der Waals surface area contributed by atoms with Crippen molar-refractivity contribution in [3.05, 3.63) is 83.7 Å². The summed E-state index contributed by atoms with van der Waals surface area (Å²) in [6.07, 6.45) is 11.2. The van der Waals surface area contributed by atoms with Gasteiger partial charge in [-0.25, -0.2) is 4.79 Å². The molecule has 0 fully saturated rings. The van der Waals surface area contributed by atoms with E-state index in [1.54, 1.807) is 18.3 Å². The molecule has 0 saturated carbocycles. The Morgan fingerprint density at radius 2 is 1.79 bits per heavy atom. The minimum atomic E-state index is -0.541. The lowest BCUT2D eigenvalue weighted by Gasteiger charge is -2.26. The van der Waals surface area contributed by atoms with Crippen LogP contribution in [0.2, 0.25) is 0 Å². The third kappa shape index (κ3) is 10.6. The third-order valence-corrected chi connectivity index (χ3v) is 4.78. The van der Waals surface area contributed by atoms with E-state index in [1.165, 1.54) is 17.2 Å². The molecule has 0 unspecified atom stereocenters. The van der Waals surface area contributed by atoms with Crippen LogP contribution in [0.5, 0.6) is 0 Å². The predicted molar refractivity (Wildman–Crippen MR) is 135 cm³/mol. The average molecular weight is 465 g/mol. The zero-order valence-electron chi connectivity index (χ0n) is 20.8. The number of benzene rings is 1. The number of hydrogen-bond donors (Lipinski definition) is 1. The van der Waals surface area contributed by atoms with Crippen molar-refractivity contribution >= 4 is 18.0 Å². The number of pyridine rings is 1. The van der Waals surface area contributed by atoms with Crippen LogP contribution in [0.25, 0.3) is 6.08 Å². The second kappa shape index (κ2) is 13.5. The van der Waals surface area contributed by atoms with Gasteiger partial charge in [-0.1, -0.05) is 56.3 Å². The maximum Gasteiger partial charge on any atom is 0.330 e. The van der Waals surface area contributed by atoms with Gasteiger partial charge in [0.1, 0.15) is 18.2 Å². The first-order valence-corrected chi connectivity index (χ1v) is 11.6. The molecule has 0 aliphatic carbocycles. The molecular formula is C28H36N2O4. The number of ether oxygens (including phenoxy) is 2. The molecule has 1 heterocycles. The number of esters is 2. The molecule has 1 aromatic heterocycles. The molecule has 0 bridgehead atoms. The molecule has 1 atom stereocenters. The number of carbonyl (C=O) groups excluding carboxylic acids is 2. The Bertz CT molecular complexity index is 958. The summed E-state index contributed by atoms with van der Waals surface area (Å²) >= 11 is 0. The highest BCUT2D eigenvalue weighted by Gasteiger charge is 2.26. The highest BCUT2D eigenvalue weighted by molar-refractivity contribution is 5.82. The van der Waals surface area contributed by atoms with Crippen molar-refractivity contribution in [2.24, 2.45) is 5.92 Å². The highest BCUT2D eigenvalue weighted by atomic mass is 16.6. The molecule has 2 aromatic rings. The lowest BCUT2D eigenvalue weighted by molar-refractivity contribution is -0.158. The lowest BCUT2D eigenvalue weighted by Crippen LogP contribution is -2.44. The number of carbonyl (C=O) groups is 2. The van der Waals surface area contributed by atoms with Crippen molar-refractivity contribution < 1.29 is 19.1 Å². The highest BCUT2D eigenvalue weighted by Crippen LogP contribution is 2.13. The fourth-order valence-electron chi connectivity index (χ4n) is 3.15. The predicted octanol–water partition coefficient (Wildman–Crippen LogP) is 4.74. The fourth-order valence-corrected chi connectivity index (χ4v) is 3.15. The van der Waals surface area contributed by atoms with Crippen LogP contribution in [-0.2, 0) is 25.5 Å². The van der Waals surface area contributed by atoms with Gasteiger partial charge < -0.3 is 14.8 Å². The largest absolute Gasteiger partial charge is 0.459 e. The van der Waals surface area contributed by atoms with Gasteiger partial charge in [0.15, 0.2) is 0 Å². The van der Waals surface area contributed by atoms with Crippen LogP contribution in [0.3, 0.4) is 0 Å². The summed E-state index contributed by atoms with van der Waals surface area (Å²) in [6, 6.07) is 11.8. The van der Waals surface area contributed by atoms with Crippen LogP contribution in [0.1, 0.15) is 51.3 Å². The van der Waals surface area contributed by atoms with Gasteiger partial charge in [0.05, 0.1) is 0 Å². The summed E-state index contributed by atoms with van der Waals surface area (Å²) in [5, 5.41) is 3.12. The Kier molecular flexibility index (Phi) is 10.7. The Labute approximate surface area is 203 Å². The number of rotatable bonds is 11. The Morgan fingerprint density at radius 3 is 2.41 bits per heavy atom. The summed E-state index contributed by atoms with van der Waals surface area (Å²) < 4.78 is 10.6. The monoisotopic (exact) mass is 464 g/mol. The van der Waals surface area contributed by atoms with Crippen LogP contribution in [-0.4, -0.2) is 41.7 Å². The molecule has 1 aromatic carbocycles. The van der Waals surface area contributed by atoms with E-state index in [9.17, 15) is 9.59 Å². The smallest absolute Gasteiger partial charge is 0.330 e. The second-order valence-electron chi connectivity index (χ2n) is 9.38. The van der Waals surface area contributed by atoms with Crippen molar-refractivity contribution in [2.75, 3.05) is 13.2 Å². The molecule has 6 nitrogen and oxygen atoms in total. The number of aromatic nitrogens is 1. The summed E-state index contributed by atoms with van der Waals surface area (Å²) in [5.74, 6) is -0.671. The Morgan fingerprint density at radius 1 is 1.06 bits per heavy atom. The molecular weight excluding hydrogens is 428 g/mol. The molecule has 0 aliphatic heterocycles. The minimum absolute atomic E-state index is 0.0600. The summed E-state index contributed by atoms with van der Waals surface area (Å²) in [7, 11) is 0. The average Bonchev–Trinajstić information content (AvgIpc) is 2.77. The first-order chi connectivity index (χ1) is 16.1. The zero-order valence-corrected chi connectivity index (χ0v) is 20.8. The molecule has 0 radical (unpaired) electrons. The Hall–Kier alpha value is -3.25. The van der Waals surface area contributed by atoms with Gasteiger partial charge in [-0.2, -0.15) is 0 Å². The van der Waals surface area contributed by atoms with E-state index < -0.39 is 17.6 Å². The van der Waals surface area contributed by atoms with Crippen molar-refractivity contribution in [1.29, 1.82) is 0 Å². The molecule has 0 amide bonds. The zero-order chi connectivity index (χ0) is 25.0. The van der Waals surface area contributed by atoms with Crippen molar-refractivity contribution in [1.82, 2.24) is 10.3 Å². The maximum atomic E-state index is 12.3. The molecule has 0 saturated heterocycles. The van der Waals surface area contributed by atoms with Crippen molar-refractivity contribution in [3.8, 4) is 0 Å². The summed E-state index contributed by atoms with van der Waals surface area (Å²) in [4.78, 5) is 28.4. The molecule has 0 spiro atoms. The molecule has 1 N–H and O–H groups in total. The quantitative estimate of drug-likeness (QED) is 0.382. The molecule has 6 heteroatoms. The molecule has 2 rings (SSSR count). The van der Waals surface area contributed by atoms with Crippen LogP contribution < -0.4 is 5.32 Å². The second-order valence-corrected chi connectivity index (χ2v) is 9.38. The van der Waals surface area contributed by atoms with Gasteiger partial charge in [0, 0.05) is 25.0 Å². The maximum absolute atomic E-state index is 12.3. The molecule has 34 heavy (non-hydrogen) atoms. The third-order valence-electron chi connectivity index (χ3n) is 4.78. The topological polar surface area (TPSA) is 77.5 Å². The van der Waals surface area contributed by atoms with E-state index in [1.807, 2.05) is 65.1 Å². The minimum Gasteiger partial charge on any atom is -0.459 e. The van der Waals surface area contributed by atoms with E-state index >= 15 is 0 Å².